The summed E-state index contributed by atoms with van der Waals surface area (Å²) in [5, 5.41) is 0. The Hall–Kier alpha value is -1.77. The summed E-state index contributed by atoms with van der Waals surface area (Å²) < 4.78 is 16.0. The minimum atomic E-state index is -0.246. The SMILES string of the molecule is COCCC(=O)N1CCOC[C@H]1c1nccc(N2CCOCC2)n1. The maximum absolute atomic E-state index is 12.4. The van der Waals surface area contributed by atoms with Gasteiger partial charge in [-0.05, 0) is 6.07 Å². The molecule has 0 N–H and O–H groups in total. The minimum absolute atomic E-state index is 0.0468. The monoisotopic (exact) mass is 336 g/mol. The molecule has 1 aromatic rings. The first-order chi connectivity index (χ1) is 11.8. The van der Waals surface area contributed by atoms with Crippen molar-refractivity contribution in [2.24, 2.45) is 0 Å². The van der Waals surface area contributed by atoms with Crippen molar-refractivity contribution < 1.29 is 19.0 Å². The minimum Gasteiger partial charge on any atom is -0.384 e. The summed E-state index contributed by atoms with van der Waals surface area (Å²) in [5.74, 6) is 1.55. The second-order valence-electron chi connectivity index (χ2n) is 5.79. The lowest BCUT2D eigenvalue weighted by Crippen LogP contribution is -2.44. The molecule has 3 rings (SSSR count). The van der Waals surface area contributed by atoms with Gasteiger partial charge in [0.25, 0.3) is 0 Å². The Morgan fingerprint density at radius 2 is 2.08 bits per heavy atom. The molecule has 0 radical (unpaired) electrons. The van der Waals surface area contributed by atoms with Crippen LogP contribution in [0.15, 0.2) is 12.3 Å². The van der Waals surface area contributed by atoms with Crippen LogP contribution in [0.4, 0.5) is 5.82 Å². The molecule has 0 bridgehead atoms. The number of amides is 1. The molecule has 2 aliphatic heterocycles. The number of methoxy groups -OCH3 is 1. The fraction of sp³-hybridized carbons (Fsp3) is 0.688. The summed E-state index contributed by atoms with van der Waals surface area (Å²) in [6.45, 7) is 4.96. The summed E-state index contributed by atoms with van der Waals surface area (Å²) in [4.78, 5) is 25.5. The van der Waals surface area contributed by atoms with Gasteiger partial charge in [-0.1, -0.05) is 0 Å². The van der Waals surface area contributed by atoms with Gasteiger partial charge < -0.3 is 24.0 Å². The molecule has 0 spiro atoms. The molecule has 8 nitrogen and oxygen atoms in total. The number of carbonyl (C=O) groups is 1. The number of aromatic nitrogens is 2. The van der Waals surface area contributed by atoms with E-state index in [9.17, 15) is 4.79 Å². The molecule has 2 saturated heterocycles. The van der Waals surface area contributed by atoms with Gasteiger partial charge in [0.2, 0.25) is 5.91 Å². The molecule has 0 aliphatic carbocycles. The van der Waals surface area contributed by atoms with Crippen molar-refractivity contribution in [3.63, 3.8) is 0 Å². The van der Waals surface area contributed by atoms with E-state index in [0.717, 1.165) is 18.9 Å². The topological polar surface area (TPSA) is 77.0 Å². The van der Waals surface area contributed by atoms with Crippen molar-refractivity contribution in [2.45, 2.75) is 12.5 Å². The lowest BCUT2D eigenvalue weighted by Gasteiger charge is -2.35. The number of hydrogen-bond acceptors (Lipinski definition) is 7. The number of rotatable bonds is 5. The number of hydrogen-bond donors (Lipinski definition) is 0. The van der Waals surface area contributed by atoms with Crippen molar-refractivity contribution in [2.75, 3.05) is 64.7 Å². The van der Waals surface area contributed by atoms with E-state index in [4.69, 9.17) is 14.2 Å². The molecule has 1 amide bonds. The first-order valence-electron chi connectivity index (χ1n) is 8.31. The zero-order chi connectivity index (χ0) is 16.8. The molecule has 2 aliphatic rings. The van der Waals surface area contributed by atoms with E-state index in [1.807, 2.05) is 6.07 Å². The van der Waals surface area contributed by atoms with Crippen molar-refractivity contribution >= 4 is 11.7 Å². The van der Waals surface area contributed by atoms with E-state index in [2.05, 4.69) is 14.9 Å². The van der Waals surface area contributed by atoms with Gasteiger partial charge in [0.15, 0.2) is 5.82 Å². The average Bonchev–Trinajstić information content (AvgIpc) is 2.67. The number of anilines is 1. The van der Waals surface area contributed by atoms with Gasteiger partial charge >= 0.3 is 0 Å². The third-order valence-corrected chi connectivity index (χ3v) is 4.26. The van der Waals surface area contributed by atoms with Gasteiger partial charge in [0.1, 0.15) is 11.9 Å². The van der Waals surface area contributed by atoms with Crippen LogP contribution in [-0.2, 0) is 19.0 Å². The zero-order valence-corrected chi connectivity index (χ0v) is 14.0. The molecule has 0 aromatic carbocycles. The van der Waals surface area contributed by atoms with Gasteiger partial charge in [0.05, 0.1) is 39.5 Å². The van der Waals surface area contributed by atoms with Gasteiger partial charge in [-0.3, -0.25) is 4.79 Å². The Morgan fingerprint density at radius 1 is 1.29 bits per heavy atom. The van der Waals surface area contributed by atoms with Crippen LogP contribution in [0.2, 0.25) is 0 Å². The summed E-state index contributed by atoms with van der Waals surface area (Å²) in [5.41, 5.74) is 0. The van der Waals surface area contributed by atoms with Gasteiger partial charge in [-0.25, -0.2) is 9.97 Å². The molecule has 0 saturated carbocycles. The molecule has 1 atom stereocenters. The van der Waals surface area contributed by atoms with Crippen LogP contribution < -0.4 is 4.90 Å². The molecule has 8 heteroatoms. The summed E-state index contributed by atoms with van der Waals surface area (Å²) in [6, 6.07) is 1.65. The highest BCUT2D eigenvalue weighted by Crippen LogP contribution is 2.24. The lowest BCUT2D eigenvalue weighted by molar-refractivity contribution is -0.141. The number of nitrogens with zero attached hydrogens (tertiary/aromatic N) is 4. The Kier molecular flexibility index (Phi) is 5.95. The van der Waals surface area contributed by atoms with Gasteiger partial charge in [-0.15, -0.1) is 0 Å². The maximum Gasteiger partial charge on any atom is 0.225 e. The maximum atomic E-state index is 12.4. The first kappa shape index (κ1) is 17.1. The fourth-order valence-corrected chi connectivity index (χ4v) is 2.94. The smallest absolute Gasteiger partial charge is 0.225 e. The molecule has 24 heavy (non-hydrogen) atoms. The predicted molar refractivity (Wildman–Crippen MR) is 86.8 cm³/mol. The Balaban J connectivity index is 1.76. The van der Waals surface area contributed by atoms with Crippen LogP contribution in [-0.4, -0.2) is 80.6 Å². The van der Waals surface area contributed by atoms with Crippen molar-refractivity contribution in [1.82, 2.24) is 14.9 Å². The van der Waals surface area contributed by atoms with Crippen LogP contribution in [0, 0.1) is 0 Å². The fourth-order valence-electron chi connectivity index (χ4n) is 2.94. The Labute approximate surface area is 141 Å². The normalized spacial score (nSPS) is 21.8. The number of ether oxygens (including phenoxy) is 3. The molecule has 2 fully saturated rings. The van der Waals surface area contributed by atoms with Crippen molar-refractivity contribution in [3.05, 3.63) is 18.1 Å². The second-order valence-corrected chi connectivity index (χ2v) is 5.79. The molecular weight excluding hydrogens is 312 g/mol. The third-order valence-electron chi connectivity index (χ3n) is 4.26. The van der Waals surface area contributed by atoms with Gasteiger partial charge in [0, 0.05) is 32.9 Å². The van der Waals surface area contributed by atoms with Crippen molar-refractivity contribution in [3.8, 4) is 0 Å². The van der Waals surface area contributed by atoms with E-state index in [1.165, 1.54) is 0 Å². The van der Waals surface area contributed by atoms with Crippen LogP contribution in [0.25, 0.3) is 0 Å². The second kappa shape index (κ2) is 8.36. The van der Waals surface area contributed by atoms with E-state index in [0.29, 0.717) is 51.8 Å². The summed E-state index contributed by atoms with van der Waals surface area (Å²) in [7, 11) is 1.60. The molecular formula is C16H24N4O4. The van der Waals surface area contributed by atoms with Crippen molar-refractivity contribution in [1.29, 1.82) is 0 Å². The highest BCUT2D eigenvalue weighted by molar-refractivity contribution is 5.76. The van der Waals surface area contributed by atoms with E-state index in [-0.39, 0.29) is 11.9 Å². The van der Waals surface area contributed by atoms with E-state index in [1.54, 1.807) is 18.2 Å². The Morgan fingerprint density at radius 3 is 2.88 bits per heavy atom. The quantitative estimate of drug-likeness (QED) is 0.763. The zero-order valence-electron chi connectivity index (χ0n) is 14.0. The van der Waals surface area contributed by atoms with Crippen LogP contribution in [0.3, 0.4) is 0 Å². The van der Waals surface area contributed by atoms with E-state index < -0.39 is 0 Å². The highest BCUT2D eigenvalue weighted by atomic mass is 16.5. The number of carbonyl (C=O) groups excluding carboxylic acids is 1. The van der Waals surface area contributed by atoms with E-state index >= 15 is 0 Å². The molecule has 1 aromatic heterocycles. The lowest BCUT2D eigenvalue weighted by atomic mass is 10.2. The van der Waals surface area contributed by atoms with Crippen LogP contribution in [0.5, 0.6) is 0 Å². The molecule has 3 heterocycles. The standard InChI is InChI=1S/C16H24N4O4/c1-22-8-3-15(21)20-7-11-24-12-13(20)16-17-4-2-14(18-16)19-5-9-23-10-6-19/h2,4,13H,3,5-12H2,1H3/t13-/m0/s1. The average molecular weight is 336 g/mol. The van der Waals surface area contributed by atoms with Gasteiger partial charge in [-0.2, -0.15) is 0 Å². The summed E-state index contributed by atoms with van der Waals surface area (Å²) >= 11 is 0. The Bertz CT molecular complexity index is 551. The first-order valence-corrected chi connectivity index (χ1v) is 8.31. The summed E-state index contributed by atoms with van der Waals surface area (Å²) in [6.07, 6.45) is 2.11. The van der Waals surface area contributed by atoms with Crippen LogP contribution >= 0.6 is 0 Å². The predicted octanol–water partition coefficient (Wildman–Crippen LogP) is 0.250. The highest BCUT2D eigenvalue weighted by Gasteiger charge is 2.30. The largest absolute Gasteiger partial charge is 0.384 e. The number of morpholine rings is 2. The molecule has 132 valence electrons. The van der Waals surface area contributed by atoms with Crippen LogP contribution in [0.1, 0.15) is 18.3 Å². The molecule has 0 unspecified atom stereocenters. The third kappa shape index (κ3) is 4.00.